The molecule has 0 aliphatic carbocycles. The van der Waals surface area contributed by atoms with Gasteiger partial charge in [-0.1, -0.05) is 66.7 Å². The highest BCUT2D eigenvalue weighted by molar-refractivity contribution is 8.04. The first-order valence-corrected chi connectivity index (χ1v) is 22.1. The monoisotopic (exact) mass is 816 g/mol. The Bertz CT molecular complexity index is 2010. The van der Waals surface area contributed by atoms with Gasteiger partial charge in [0, 0.05) is 44.8 Å². The predicted molar refractivity (Wildman–Crippen MR) is 232 cm³/mol. The number of anilines is 2. The van der Waals surface area contributed by atoms with E-state index >= 15 is 0 Å². The third-order valence-electron chi connectivity index (χ3n) is 11.9. The maximum atomic E-state index is 13.9. The number of fused-ring (bicyclic) bond motifs is 2. The first-order valence-electron chi connectivity index (χ1n) is 20.3. The fourth-order valence-corrected chi connectivity index (χ4v) is 12.0. The molecule has 2 N–H and O–H groups in total. The molecule has 4 aromatic carbocycles. The number of likely N-dealkylation sites (tertiary alicyclic amines) is 2. The zero-order valence-electron chi connectivity index (χ0n) is 33.6. The van der Waals surface area contributed by atoms with Crippen LogP contribution in [0.25, 0.3) is 0 Å². The molecule has 4 aliphatic rings. The molecule has 58 heavy (non-hydrogen) atoms. The van der Waals surface area contributed by atoms with Crippen LogP contribution in [-0.4, -0.2) is 107 Å². The van der Waals surface area contributed by atoms with Crippen molar-refractivity contribution in [3.05, 3.63) is 119 Å². The molecule has 8 rings (SSSR count). The number of hydrogen-bond donors (Lipinski definition) is 2. The normalized spacial score (nSPS) is 22.2. The largest absolute Gasteiger partial charge is 0.329 e. The molecule has 302 valence electrons. The lowest BCUT2D eigenvalue weighted by Crippen LogP contribution is -2.47. The predicted octanol–water partition coefficient (Wildman–Crippen LogP) is 6.89. The van der Waals surface area contributed by atoms with Gasteiger partial charge in [-0.05, 0) is 119 Å². The summed E-state index contributed by atoms with van der Waals surface area (Å²) in [4.78, 5) is 64.9. The van der Waals surface area contributed by atoms with E-state index in [9.17, 15) is 19.2 Å². The highest BCUT2D eigenvalue weighted by Crippen LogP contribution is 2.49. The number of likely N-dealkylation sites (N-methyl/N-ethyl adjacent to an activating group) is 2. The van der Waals surface area contributed by atoms with E-state index in [2.05, 4.69) is 34.9 Å². The number of carbonyl (C=O) groups is 4. The second kappa shape index (κ2) is 17.3. The highest BCUT2D eigenvalue weighted by Gasteiger charge is 2.41. The Hall–Kier alpha value is -4.62. The molecule has 6 atom stereocenters. The third-order valence-corrected chi connectivity index (χ3v) is 14.9. The van der Waals surface area contributed by atoms with E-state index < -0.39 is 24.2 Å². The van der Waals surface area contributed by atoms with Gasteiger partial charge in [-0.2, -0.15) is 0 Å². The van der Waals surface area contributed by atoms with Crippen LogP contribution in [0.3, 0.4) is 0 Å². The van der Waals surface area contributed by atoms with E-state index in [1.165, 1.54) is 20.9 Å². The van der Waals surface area contributed by atoms with Crippen LogP contribution in [0.4, 0.5) is 11.4 Å². The zero-order chi connectivity index (χ0) is 40.5. The fourth-order valence-electron chi connectivity index (χ4n) is 9.07. The Morgan fingerprint density at radius 2 is 1.05 bits per heavy atom. The second-order valence-electron chi connectivity index (χ2n) is 16.3. The van der Waals surface area contributed by atoms with Crippen LogP contribution in [0.15, 0.2) is 107 Å². The van der Waals surface area contributed by atoms with Crippen molar-refractivity contribution in [1.82, 2.24) is 19.6 Å². The molecule has 0 bridgehead atoms. The lowest BCUT2D eigenvalue weighted by molar-refractivity contribution is -0.141. The maximum absolute atomic E-state index is 13.9. The van der Waals surface area contributed by atoms with Crippen LogP contribution in [-0.2, 0) is 32.0 Å². The third kappa shape index (κ3) is 8.30. The lowest BCUT2D eigenvalue weighted by atomic mass is 10.0. The Balaban J connectivity index is 0.870. The van der Waals surface area contributed by atoms with Crippen molar-refractivity contribution >= 4 is 58.5 Å². The molecule has 0 aromatic heterocycles. The van der Waals surface area contributed by atoms with E-state index in [-0.39, 0.29) is 23.6 Å². The van der Waals surface area contributed by atoms with Gasteiger partial charge in [0.1, 0.15) is 24.2 Å². The summed E-state index contributed by atoms with van der Waals surface area (Å²) in [6, 6.07) is 30.0. The molecule has 2 saturated heterocycles. The molecule has 4 heterocycles. The van der Waals surface area contributed by atoms with Crippen LogP contribution in [0, 0.1) is 0 Å². The number of hydrogen-bond acceptors (Lipinski definition) is 8. The minimum absolute atomic E-state index is 0.0450. The summed E-state index contributed by atoms with van der Waals surface area (Å²) in [6.45, 7) is 1.14. The Labute approximate surface area is 350 Å². The summed E-state index contributed by atoms with van der Waals surface area (Å²) in [5.41, 5.74) is 5.87. The number of carbonyl (C=O) groups excluding carboxylic acids is 4. The van der Waals surface area contributed by atoms with Crippen molar-refractivity contribution in [3.8, 4) is 0 Å². The van der Waals surface area contributed by atoms with E-state index in [0.29, 0.717) is 36.4 Å². The number of rotatable bonds is 11. The standard InChI is InChI=1S/C46H52N6O4S2/c1-49(2)41(29-13-7-5-8-14-29)45(55)51-23-11-17-35(51)43(53)47-33-21-22-37-32(25-33)27-40(57-37)39-26-31-19-20-34(28-38(31)58-39)48-44(54)36-18-12-24-52(36)46(56)42(50(3)4)30-15-9-6-10-16-30/h5-10,13-16,19-22,25,28,35-36,39-42H,11-12,17-18,23-24,26-27H2,1-4H3,(H,47,53)(H,48,54)/t35-,36-,39?,40?,41+,42+/m0/s1. The van der Waals surface area contributed by atoms with Crippen LogP contribution in [0.5, 0.6) is 0 Å². The molecule has 4 aromatic rings. The summed E-state index contributed by atoms with van der Waals surface area (Å²) in [6.07, 6.45) is 4.72. The molecule has 0 saturated carbocycles. The SMILES string of the molecule is CN(C)[C@@H](C(=O)N1CCC[C@H]1C(=O)Nc1ccc2c(c1)CC(C1Cc3ccc(NC(=O)[C@@H]4CCCN4C(=O)[C@@H](c4ccccc4)N(C)C)cc3S1)S2)c1ccccc1. The van der Waals surface area contributed by atoms with Crippen molar-refractivity contribution < 1.29 is 19.2 Å². The fraction of sp³-hybridized carbons (Fsp3) is 0.391. The minimum atomic E-state index is -0.509. The van der Waals surface area contributed by atoms with Crippen LogP contribution in [0.1, 0.15) is 60.0 Å². The molecular weight excluding hydrogens is 765 g/mol. The number of nitrogens with one attached hydrogen (secondary N) is 2. The van der Waals surface area contributed by atoms with Crippen LogP contribution in [0.2, 0.25) is 0 Å². The van der Waals surface area contributed by atoms with Crippen molar-refractivity contribution in [1.29, 1.82) is 0 Å². The molecule has 10 nitrogen and oxygen atoms in total. The van der Waals surface area contributed by atoms with Crippen molar-refractivity contribution in [2.24, 2.45) is 0 Å². The Morgan fingerprint density at radius 1 is 0.586 bits per heavy atom. The Kier molecular flexibility index (Phi) is 12.0. The lowest BCUT2D eigenvalue weighted by Gasteiger charge is -2.31. The average Bonchev–Trinajstić information content (AvgIpc) is 4.04. The summed E-state index contributed by atoms with van der Waals surface area (Å²) in [5, 5.41) is 7.04. The molecule has 4 amide bonds. The molecule has 12 heteroatoms. The van der Waals surface area contributed by atoms with Gasteiger partial charge in [0.15, 0.2) is 0 Å². The summed E-state index contributed by atoms with van der Waals surface area (Å²) in [5.74, 6) is -0.370. The van der Waals surface area contributed by atoms with Gasteiger partial charge in [0.05, 0.1) is 0 Å². The van der Waals surface area contributed by atoms with Gasteiger partial charge in [-0.3, -0.25) is 29.0 Å². The van der Waals surface area contributed by atoms with E-state index in [4.69, 9.17) is 0 Å². The molecular formula is C46H52N6O4S2. The number of benzene rings is 4. The second-order valence-corrected chi connectivity index (χ2v) is 18.8. The molecule has 0 radical (unpaired) electrons. The number of nitrogens with zero attached hydrogens (tertiary/aromatic N) is 4. The van der Waals surface area contributed by atoms with Gasteiger partial charge < -0.3 is 20.4 Å². The highest BCUT2D eigenvalue weighted by atomic mass is 32.2. The zero-order valence-corrected chi connectivity index (χ0v) is 35.2. The van der Waals surface area contributed by atoms with Gasteiger partial charge in [-0.25, -0.2) is 0 Å². The number of amides is 4. The van der Waals surface area contributed by atoms with Crippen LogP contribution < -0.4 is 10.6 Å². The summed E-state index contributed by atoms with van der Waals surface area (Å²) in [7, 11) is 7.61. The number of thioether (sulfide) groups is 2. The van der Waals surface area contributed by atoms with E-state index in [1.54, 1.807) is 9.80 Å². The molecule has 0 spiro atoms. The van der Waals surface area contributed by atoms with Gasteiger partial charge in [0.2, 0.25) is 23.6 Å². The van der Waals surface area contributed by atoms with Crippen LogP contribution >= 0.6 is 23.5 Å². The minimum Gasteiger partial charge on any atom is -0.329 e. The van der Waals surface area contributed by atoms with E-state index in [0.717, 1.165) is 48.2 Å². The Morgan fingerprint density at radius 3 is 1.57 bits per heavy atom. The average molecular weight is 817 g/mol. The maximum Gasteiger partial charge on any atom is 0.247 e. The molecule has 2 unspecified atom stereocenters. The van der Waals surface area contributed by atoms with Gasteiger partial charge in [-0.15, -0.1) is 23.5 Å². The van der Waals surface area contributed by atoms with Crippen molar-refractivity contribution in [2.45, 2.75) is 83.0 Å². The van der Waals surface area contributed by atoms with E-state index in [1.807, 2.05) is 134 Å². The quantitative estimate of drug-likeness (QED) is 0.169. The van der Waals surface area contributed by atoms with Gasteiger partial charge >= 0.3 is 0 Å². The van der Waals surface area contributed by atoms with Crippen molar-refractivity contribution in [3.63, 3.8) is 0 Å². The molecule has 2 fully saturated rings. The topological polar surface area (TPSA) is 105 Å². The van der Waals surface area contributed by atoms with Gasteiger partial charge in [0.25, 0.3) is 0 Å². The first-order chi connectivity index (χ1) is 28.0. The first kappa shape index (κ1) is 40.2. The summed E-state index contributed by atoms with van der Waals surface area (Å²) < 4.78 is 0. The summed E-state index contributed by atoms with van der Waals surface area (Å²) >= 11 is 3.77. The van der Waals surface area contributed by atoms with Crippen molar-refractivity contribution in [2.75, 3.05) is 51.9 Å². The smallest absolute Gasteiger partial charge is 0.247 e. The molecule has 4 aliphatic heterocycles.